The van der Waals surface area contributed by atoms with Crippen LogP contribution in [0.5, 0.6) is 0 Å². The van der Waals surface area contributed by atoms with Crippen LogP contribution in [0, 0.1) is 0 Å². The summed E-state index contributed by atoms with van der Waals surface area (Å²) < 4.78 is 5.23. The van der Waals surface area contributed by atoms with Gasteiger partial charge in [0.2, 0.25) is 0 Å². The van der Waals surface area contributed by atoms with Gasteiger partial charge in [0.25, 0.3) is 0 Å². The molecule has 4 heteroatoms. The van der Waals surface area contributed by atoms with E-state index in [-0.39, 0.29) is 0 Å². The van der Waals surface area contributed by atoms with Crippen molar-refractivity contribution in [3.8, 4) is 0 Å². The van der Waals surface area contributed by atoms with Crippen LogP contribution >= 0.6 is 11.6 Å². The van der Waals surface area contributed by atoms with E-state index in [2.05, 4.69) is 5.10 Å². The Morgan fingerprint density at radius 3 is 2.73 bits per heavy atom. The van der Waals surface area contributed by atoms with Crippen LogP contribution in [0.2, 0.25) is 5.02 Å². The van der Waals surface area contributed by atoms with E-state index in [1.165, 1.54) is 0 Å². The predicted octanol–water partition coefficient (Wildman–Crippen LogP) is 2.01. The number of benzene rings is 1. The zero-order valence-electron chi connectivity index (χ0n) is 8.40. The second-order valence-electron chi connectivity index (χ2n) is 3.33. The van der Waals surface area contributed by atoms with Crippen molar-refractivity contribution >= 4 is 17.8 Å². The molecule has 1 aromatic rings. The van der Waals surface area contributed by atoms with Crippen LogP contribution in [0.25, 0.3) is 0 Å². The summed E-state index contributed by atoms with van der Waals surface area (Å²) in [5.74, 6) is 0. The number of rotatable bonds is 2. The Bertz CT molecular complexity index is 348. The van der Waals surface area contributed by atoms with Gasteiger partial charge in [0.05, 0.1) is 32.5 Å². The number of hydrogen-bond acceptors (Lipinski definition) is 3. The normalized spacial score (nSPS) is 17.3. The second-order valence-corrected chi connectivity index (χ2v) is 3.74. The number of hydrogen-bond donors (Lipinski definition) is 0. The van der Waals surface area contributed by atoms with E-state index in [0.29, 0.717) is 0 Å². The summed E-state index contributed by atoms with van der Waals surface area (Å²) in [7, 11) is 0. The molecule has 0 amide bonds. The molecule has 0 saturated carbocycles. The van der Waals surface area contributed by atoms with Crippen molar-refractivity contribution in [2.45, 2.75) is 0 Å². The molecule has 0 spiro atoms. The highest BCUT2D eigenvalue weighted by Crippen LogP contribution is 2.12. The van der Waals surface area contributed by atoms with Gasteiger partial charge in [-0.25, -0.2) is 0 Å². The lowest BCUT2D eigenvalue weighted by Crippen LogP contribution is -2.32. The van der Waals surface area contributed by atoms with Crippen LogP contribution < -0.4 is 0 Å². The van der Waals surface area contributed by atoms with E-state index in [9.17, 15) is 0 Å². The maximum Gasteiger partial charge on any atom is 0.0659 e. The Morgan fingerprint density at radius 2 is 2.00 bits per heavy atom. The smallest absolute Gasteiger partial charge is 0.0659 e. The van der Waals surface area contributed by atoms with Crippen LogP contribution in [0.3, 0.4) is 0 Å². The highest BCUT2D eigenvalue weighted by atomic mass is 35.5. The molecule has 1 aliphatic heterocycles. The molecule has 1 saturated heterocycles. The van der Waals surface area contributed by atoms with Crippen molar-refractivity contribution in [2.24, 2.45) is 5.10 Å². The van der Waals surface area contributed by atoms with Gasteiger partial charge in [0.1, 0.15) is 0 Å². The van der Waals surface area contributed by atoms with Crippen molar-refractivity contribution < 1.29 is 4.74 Å². The largest absolute Gasteiger partial charge is 0.378 e. The lowest BCUT2D eigenvalue weighted by molar-refractivity contribution is 0.0397. The molecular weight excluding hydrogens is 212 g/mol. The maximum atomic E-state index is 6.01. The molecule has 1 heterocycles. The number of morpholine rings is 1. The number of halogens is 1. The van der Waals surface area contributed by atoms with Crippen molar-refractivity contribution in [1.82, 2.24) is 5.01 Å². The highest BCUT2D eigenvalue weighted by molar-refractivity contribution is 6.33. The Hall–Kier alpha value is -1.06. The van der Waals surface area contributed by atoms with E-state index in [1.54, 1.807) is 6.21 Å². The summed E-state index contributed by atoms with van der Waals surface area (Å²) in [6.07, 6.45) is 1.80. The lowest BCUT2D eigenvalue weighted by atomic mass is 10.2. The van der Waals surface area contributed by atoms with Crippen molar-refractivity contribution in [1.29, 1.82) is 0 Å². The first-order chi connectivity index (χ1) is 7.36. The van der Waals surface area contributed by atoms with Gasteiger partial charge in [-0.15, -0.1) is 0 Å². The molecule has 0 aromatic heterocycles. The van der Waals surface area contributed by atoms with Gasteiger partial charge >= 0.3 is 0 Å². The summed E-state index contributed by atoms with van der Waals surface area (Å²) in [4.78, 5) is 0. The third-order valence-corrected chi connectivity index (χ3v) is 2.60. The van der Waals surface area contributed by atoms with Gasteiger partial charge in [0, 0.05) is 10.6 Å². The number of nitrogens with zero attached hydrogens (tertiary/aromatic N) is 2. The Morgan fingerprint density at radius 1 is 1.27 bits per heavy atom. The first-order valence-electron chi connectivity index (χ1n) is 4.97. The zero-order valence-corrected chi connectivity index (χ0v) is 9.15. The molecule has 1 aromatic carbocycles. The van der Waals surface area contributed by atoms with Gasteiger partial charge in [-0.05, 0) is 6.07 Å². The molecule has 3 nitrogen and oxygen atoms in total. The molecule has 2 rings (SSSR count). The monoisotopic (exact) mass is 224 g/mol. The van der Waals surface area contributed by atoms with Gasteiger partial charge in [0.15, 0.2) is 0 Å². The minimum Gasteiger partial charge on any atom is -0.378 e. The van der Waals surface area contributed by atoms with E-state index in [4.69, 9.17) is 16.3 Å². The third kappa shape index (κ3) is 2.94. The first kappa shape index (κ1) is 10.5. The van der Waals surface area contributed by atoms with Crippen LogP contribution in [0.15, 0.2) is 29.4 Å². The fraction of sp³-hybridized carbons (Fsp3) is 0.364. The van der Waals surface area contributed by atoms with Gasteiger partial charge in [-0.2, -0.15) is 5.10 Å². The highest BCUT2D eigenvalue weighted by Gasteiger charge is 2.06. The molecule has 80 valence electrons. The van der Waals surface area contributed by atoms with Gasteiger partial charge in [-0.3, -0.25) is 5.01 Å². The third-order valence-electron chi connectivity index (χ3n) is 2.25. The lowest BCUT2D eigenvalue weighted by Gasteiger charge is -2.23. The molecule has 15 heavy (non-hydrogen) atoms. The quantitative estimate of drug-likeness (QED) is 0.718. The molecule has 1 aliphatic rings. The molecular formula is C11H13ClN2O. The minimum atomic E-state index is 0.731. The summed E-state index contributed by atoms with van der Waals surface area (Å²) in [5, 5.41) is 7.08. The summed E-state index contributed by atoms with van der Waals surface area (Å²) in [6.45, 7) is 3.20. The Kier molecular flexibility index (Phi) is 3.59. The zero-order chi connectivity index (χ0) is 10.5. The number of hydrazone groups is 1. The molecule has 0 aliphatic carbocycles. The van der Waals surface area contributed by atoms with Crippen molar-refractivity contribution in [2.75, 3.05) is 26.3 Å². The fourth-order valence-corrected chi connectivity index (χ4v) is 1.58. The van der Waals surface area contributed by atoms with Crippen LogP contribution in [0.1, 0.15) is 5.56 Å². The average molecular weight is 225 g/mol. The summed E-state index contributed by atoms with van der Waals surface area (Å²) in [5.41, 5.74) is 0.950. The molecule has 0 atom stereocenters. The minimum absolute atomic E-state index is 0.731. The van der Waals surface area contributed by atoms with Gasteiger partial charge < -0.3 is 4.74 Å². The molecule has 0 bridgehead atoms. The summed E-state index contributed by atoms with van der Waals surface area (Å²) in [6, 6.07) is 7.68. The molecule has 1 fully saturated rings. The molecule has 0 N–H and O–H groups in total. The topological polar surface area (TPSA) is 24.8 Å². The van der Waals surface area contributed by atoms with E-state index < -0.39 is 0 Å². The van der Waals surface area contributed by atoms with Crippen molar-refractivity contribution in [3.63, 3.8) is 0 Å². The second kappa shape index (κ2) is 5.14. The average Bonchev–Trinajstić information content (AvgIpc) is 2.29. The Balaban J connectivity index is 2.01. The first-order valence-corrected chi connectivity index (χ1v) is 5.35. The summed E-state index contributed by atoms with van der Waals surface area (Å²) >= 11 is 6.01. The molecule has 0 radical (unpaired) electrons. The van der Waals surface area contributed by atoms with Crippen LogP contribution in [0.4, 0.5) is 0 Å². The SMILES string of the molecule is Clc1ccccc1C=NN1CCOCC1. The predicted molar refractivity (Wildman–Crippen MR) is 61.4 cm³/mol. The van der Waals surface area contributed by atoms with Crippen molar-refractivity contribution in [3.05, 3.63) is 34.9 Å². The fourth-order valence-electron chi connectivity index (χ4n) is 1.39. The van der Waals surface area contributed by atoms with E-state index >= 15 is 0 Å². The molecule has 0 unspecified atom stereocenters. The van der Waals surface area contributed by atoms with Crippen LogP contribution in [-0.2, 0) is 4.74 Å². The Labute approximate surface area is 94.3 Å². The van der Waals surface area contributed by atoms with Crippen LogP contribution in [-0.4, -0.2) is 37.5 Å². The van der Waals surface area contributed by atoms with E-state index in [0.717, 1.165) is 36.9 Å². The standard InChI is InChI=1S/C11H13ClN2O/c12-11-4-2-1-3-10(11)9-13-14-5-7-15-8-6-14/h1-4,9H,5-8H2. The number of ether oxygens (including phenoxy) is 1. The maximum absolute atomic E-state index is 6.01. The van der Waals surface area contributed by atoms with E-state index in [1.807, 2.05) is 29.3 Å². The van der Waals surface area contributed by atoms with Gasteiger partial charge in [-0.1, -0.05) is 29.8 Å².